The van der Waals surface area contributed by atoms with Crippen molar-refractivity contribution in [3.05, 3.63) is 29.3 Å². The molecule has 0 aliphatic heterocycles. The summed E-state index contributed by atoms with van der Waals surface area (Å²) in [6.07, 6.45) is 8.05. The van der Waals surface area contributed by atoms with Gasteiger partial charge in [-0.05, 0) is 37.5 Å². The summed E-state index contributed by atoms with van der Waals surface area (Å²) in [7, 11) is 0. The summed E-state index contributed by atoms with van der Waals surface area (Å²) in [6.45, 7) is 2.88. The lowest BCUT2D eigenvalue weighted by Gasteiger charge is -2.08. The van der Waals surface area contributed by atoms with Gasteiger partial charge >= 0.3 is 0 Å². The van der Waals surface area contributed by atoms with E-state index in [9.17, 15) is 0 Å². The number of hydrogen-bond donors (Lipinski definition) is 1. The van der Waals surface area contributed by atoms with Gasteiger partial charge in [0.2, 0.25) is 0 Å². The molecule has 0 aliphatic carbocycles. The minimum Gasteiger partial charge on any atom is -0.384 e. The highest BCUT2D eigenvalue weighted by molar-refractivity contribution is 5.58. The van der Waals surface area contributed by atoms with Crippen LogP contribution in [0.25, 0.3) is 0 Å². The van der Waals surface area contributed by atoms with E-state index < -0.39 is 0 Å². The fraction of sp³-hybridized carbons (Fsp3) is 0.357. The van der Waals surface area contributed by atoms with Crippen LogP contribution in [0.4, 0.5) is 5.69 Å². The maximum atomic E-state index is 8.93. The normalized spacial score (nSPS) is 9.19. The maximum absolute atomic E-state index is 8.93. The molecule has 0 radical (unpaired) electrons. The number of nitrogens with one attached hydrogen (secondary N) is 1. The van der Waals surface area contributed by atoms with Gasteiger partial charge < -0.3 is 5.32 Å². The van der Waals surface area contributed by atoms with Gasteiger partial charge in [0.25, 0.3) is 0 Å². The summed E-state index contributed by atoms with van der Waals surface area (Å²) in [4.78, 5) is 0. The summed E-state index contributed by atoms with van der Waals surface area (Å²) in [6, 6.07) is 7.97. The minimum atomic E-state index is 0.697. The molecule has 0 unspecified atom stereocenters. The van der Waals surface area contributed by atoms with E-state index in [1.165, 1.54) is 0 Å². The lowest BCUT2D eigenvalue weighted by Crippen LogP contribution is -2.03. The molecule has 1 aromatic rings. The van der Waals surface area contributed by atoms with Crippen LogP contribution in [0.5, 0.6) is 0 Å². The van der Waals surface area contributed by atoms with Crippen molar-refractivity contribution in [2.24, 2.45) is 0 Å². The molecule has 16 heavy (non-hydrogen) atoms. The number of benzene rings is 1. The lowest BCUT2D eigenvalue weighted by atomic mass is 10.1. The number of aryl methyl sites for hydroxylation is 1. The molecule has 2 nitrogen and oxygen atoms in total. The third kappa shape index (κ3) is 3.67. The molecule has 0 spiro atoms. The molecule has 1 aromatic carbocycles. The number of nitrogens with zero attached hydrogens (tertiary/aromatic N) is 1. The number of terminal acetylenes is 1. The molecule has 0 amide bonds. The van der Waals surface area contributed by atoms with Crippen molar-refractivity contribution in [1.82, 2.24) is 0 Å². The van der Waals surface area contributed by atoms with Crippen LogP contribution in [0.15, 0.2) is 18.2 Å². The molecule has 0 aromatic heterocycles. The third-order valence-corrected chi connectivity index (χ3v) is 2.36. The summed E-state index contributed by atoms with van der Waals surface area (Å²) >= 11 is 0. The second-order valence-corrected chi connectivity index (χ2v) is 3.75. The Hall–Kier alpha value is -1.93. The highest BCUT2D eigenvalue weighted by Crippen LogP contribution is 2.16. The Morgan fingerprint density at radius 1 is 1.38 bits per heavy atom. The van der Waals surface area contributed by atoms with Gasteiger partial charge in [0.05, 0.1) is 11.3 Å². The SMILES string of the molecule is C#CCCCCNc1cc(C)ccc1C#N. The lowest BCUT2D eigenvalue weighted by molar-refractivity contribution is 0.789. The zero-order chi connectivity index (χ0) is 11.8. The Morgan fingerprint density at radius 2 is 2.19 bits per heavy atom. The average molecular weight is 212 g/mol. The second kappa shape index (κ2) is 6.53. The van der Waals surface area contributed by atoms with Crippen molar-refractivity contribution < 1.29 is 0 Å². The highest BCUT2D eigenvalue weighted by Gasteiger charge is 2.00. The van der Waals surface area contributed by atoms with Crippen molar-refractivity contribution in [2.75, 3.05) is 11.9 Å². The first-order valence-electron chi connectivity index (χ1n) is 5.46. The van der Waals surface area contributed by atoms with Crippen molar-refractivity contribution in [3.63, 3.8) is 0 Å². The van der Waals surface area contributed by atoms with Crippen molar-refractivity contribution in [1.29, 1.82) is 5.26 Å². The summed E-state index contributed by atoms with van der Waals surface area (Å²) in [5.41, 5.74) is 2.77. The smallest absolute Gasteiger partial charge is 0.101 e. The molecule has 0 atom stereocenters. The summed E-state index contributed by atoms with van der Waals surface area (Å²) in [5.74, 6) is 2.62. The van der Waals surface area contributed by atoms with E-state index in [0.29, 0.717) is 5.56 Å². The second-order valence-electron chi connectivity index (χ2n) is 3.75. The van der Waals surface area contributed by atoms with Crippen molar-refractivity contribution in [2.45, 2.75) is 26.2 Å². The number of unbranched alkanes of at least 4 members (excludes halogenated alkanes) is 2. The third-order valence-electron chi connectivity index (χ3n) is 2.36. The van der Waals surface area contributed by atoms with E-state index in [4.69, 9.17) is 11.7 Å². The van der Waals surface area contributed by atoms with Crippen LogP contribution in [0.1, 0.15) is 30.4 Å². The molecule has 2 heteroatoms. The molecule has 0 aliphatic rings. The van der Waals surface area contributed by atoms with E-state index in [2.05, 4.69) is 17.3 Å². The molecule has 1 N–H and O–H groups in total. The molecule has 0 heterocycles. The Labute approximate surface area is 97.3 Å². The first-order chi connectivity index (χ1) is 7.77. The van der Waals surface area contributed by atoms with Crippen LogP contribution in [-0.4, -0.2) is 6.54 Å². The van der Waals surface area contributed by atoms with Gasteiger partial charge in [-0.1, -0.05) is 6.07 Å². The summed E-state index contributed by atoms with van der Waals surface area (Å²) < 4.78 is 0. The van der Waals surface area contributed by atoms with Crippen LogP contribution in [0.3, 0.4) is 0 Å². The topological polar surface area (TPSA) is 35.8 Å². The molecular formula is C14H16N2. The number of anilines is 1. The van der Waals surface area contributed by atoms with Crippen LogP contribution in [0, 0.1) is 30.6 Å². The maximum Gasteiger partial charge on any atom is 0.101 e. The quantitative estimate of drug-likeness (QED) is 0.601. The first-order valence-corrected chi connectivity index (χ1v) is 5.46. The Balaban J connectivity index is 2.50. The predicted octanol–water partition coefficient (Wildman–Crippen LogP) is 3.08. The Kier molecular flexibility index (Phi) is 4.96. The summed E-state index contributed by atoms with van der Waals surface area (Å²) in [5, 5.41) is 12.2. The van der Waals surface area contributed by atoms with Gasteiger partial charge in [0, 0.05) is 13.0 Å². The molecule has 0 fully saturated rings. The van der Waals surface area contributed by atoms with Gasteiger partial charge in [0.15, 0.2) is 0 Å². The van der Waals surface area contributed by atoms with E-state index in [1.807, 2.05) is 25.1 Å². The number of nitriles is 1. The first kappa shape index (κ1) is 12.1. The monoisotopic (exact) mass is 212 g/mol. The minimum absolute atomic E-state index is 0.697. The van der Waals surface area contributed by atoms with Gasteiger partial charge in [-0.15, -0.1) is 12.3 Å². The average Bonchev–Trinajstić information content (AvgIpc) is 2.29. The van der Waals surface area contributed by atoms with Gasteiger partial charge in [0.1, 0.15) is 6.07 Å². The zero-order valence-corrected chi connectivity index (χ0v) is 9.59. The Morgan fingerprint density at radius 3 is 2.88 bits per heavy atom. The Bertz CT molecular complexity index is 421. The van der Waals surface area contributed by atoms with Gasteiger partial charge in [-0.25, -0.2) is 0 Å². The fourth-order valence-electron chi connectivity index (χ4n) is 1.48. The van der Waals surface area contributed by atoms with Crippen molar-refractivity contribution >= 4 is 5.69 Å². The van der Waals surface area contributed by atoms with Crippen LogP contribution >= 0.6 is 0 Å². The predicted molar refractivity (Wildman–Crippen MR) is 67.1 cm³/mol. The van der Waals surface area contributed by atoms with Crippen LogP contribution in [0.2, 0.25) is 0 Å². The fourth-order valence-corrected chi connectivity index (χ4v) is 1.48. The van der Waals surface area contributed by atoms with Gasteiger partial charge in [-0.3, -0.25) is 0 Å². The van der Waals surface area contributed by atoms with Crippen LogP contribution in [-0.2, 0) is 0 Å². The molecule has 82 valence electrons. The van der Waals surface area contributed by atoms with E-state index in [1.54, 1.807) is 0 Å². The highest BCUT2D eigenvalue weighted by atomic mass is 14.9. The van der Waals surface area contributed by atoms with E-state index in [0.717, 1.165) is 37.1 Å². The molecule has 0 bridgehead atoms. The molecule has 0 saturated heterocycles. The molecule has 0 saturated carbocycles. The van der Waals surface area contributed by atoms with Crippen LogP contribution < -0.4 is 5.32 Å². The largest absolute Gasteiger partial charge is 0.384 e. The number of hydrogen-bond acceptors (Lipinski definition) is 2. The van der Waals surface area contributed by atoms with Crippen molar-refractivity contribution in [3.8, 4) is 18.4 Å². The van der Waals surface area contributed by atoms with E-state index >= 15 is 0 Å². The number of rotatable bonds is 5. The standard InChI is InChI=1S/C14H16N2/c1-3-4-5-6-9-16-14-10-12(2)7-8-13(14)11-15/h1,7-8,10,16H,4-6,9H2,2H3. The van der Waals surface area contributed by atoms with Gasteiger partial charge in [-0.2, -0.15) is 5.26 Å². The molecular weight excluding hydrogens is 196 g/mol. The molecule has 1 rings (SSSR count). The van der Waals surface area contributed by atoms with E-state index in [-0.39, 0.29) is 0 Å². The zero-order valence-electron chi connectivity index (χ0n) is 9.59.